The summed E-state index contributed by atoms with van der Waals surface area (Å²) in [6, 6.07) is 11.0. The van der Waals surface area contributed by atoms with Crippen molar-refractivity contribution in [2.75, 3.05) is 20.1 Å². The van der Waals surface area contributed by atoms with Crippen molar-refractivity contribution in [2.45, 2.75) is 51.7 Å². The number of nitrogens with one attached hydrogen (secondary N) is 2. The summed E-state index contributed by atoms with van der Waals surface area (Å²) in [7, 11) is 1.89. The van der Waals surface area contributed by atoms with Crippen LogP contribution in [0.25, 0.3) is 0 Å². The lowest BCUT2D eigenvalue weighted by molar-refractivity contribution is -0.124. The lowest BCUT2D eigenvalue weighted by atomic mass is 9.97. The molecular formula is C21H33N3O. The zero-order chi connectivity index (χ0) is 17.8. The van der Waals surface area contributed by atoms with Crippen molar-refractivity contribution in [1.29, 1.82) is 0 Å². The Hall–Kier alpha value is -1.39. The summed E-state index contributed by atoms with van der Waals surface area (Å²) in [6.07, 6.45) is 3.27. The SMILES string of the molecule is CN[C@@H](CC(C)C)C(=O)N[C@@H]1CC[C@H]2CN(Cc3ccccc3)C[C@H]21. The summed E-state index contributed by atoms with van der Waals surface area (Å²) in [5.41, 5.74) is 1.38. The average molecular weight is 344 g/mol. The molecule has 2 N–H and O–H groups in total. The first-order valence-corrected chi connectivity index (χ1v) is 9.80. The normalized spacial score (nSPS) is 27.4. The Kier molecular flexibility index (Phi) is 6.13. The van der Waals surface area contributed by atoms with E-state index in [0.717, 1.165) is 31.8 Å². The van der Waals surface area contributed by atoms with Crippen LogP contribution >= 0.6 is 0 Å². The van der Waals surface area contributed by atoms with Gasteiger partial charge in [0.25, 0.3) is 0 Å². The minimum atomic E-state index is -0.0686. The van der Waals surface area contributed by atoms with Crippen LogP contribution < -0.4 is 10.6 Å². The molecule has 0 bridgehead atoms. The molecule has 1 aromatic carbocycles. The fourth-order valence-electron chi connectivity index (χ4n) is 4.62. The fourth-order valence-corrected chi connectivity index (χ4v) is 4.62. The smallest absolute Gasteiger partial charge is 0.237 e. The van der Waals surface area contributed by atoms with Gasteiger partial charge in [-0.3, -0.25) is 9.69 Å². The Morgan fingerprint density at radius 1 is 1.20 bits per heavy atom. The minimum absolute atomic E-state index is 0.0686. The Morgan fingerprint density at radius 3 is 2.64 bits per heavy atom. The molecule has 2 fully saturated rings. The molecular weight excluding hydrogens is 310 g/mol. The van der Waals surface area contributed by atoms with E-state index < -0.39 is 0 Å². The monoisotopic (exact) mass is 343 g/mol. The molecule has 0 unspecified atom stereocenters. The van der Waals surface area contributed by atoms with Crippen LogP contribution in [0.2, 0.25) is 0 Å². The molecule has 0 radical (unpaired) electrons. The third kappa shape index (κ3) is 4.62. The van der Waals surface area contributed by atoms with E-state index in [1.165, 1.54) is 18.5 Å². The Morgan fingerprint density at radius 2 is 1.96 bits per heavy atom. The van der Waals surface area contributed by atoms with E-state index in [1.807, 2.05) is 7.05 Å². The van der Waals surface area contributed by atoms with E-state index in [4.69, 9.17) is 0 Å². The highest BCUT2D eigenvalue weighted by Gasteiger charge is 2.43. The van der Waals surface area contributed by atoms with E-state index in [2.05, 4.69) is 59.7 Å². The summed E-state index contributed by atoms with van der Waals surface area (Å²) in [4.78, 5) is 15.2. The number of likely N-dealkylation sites (N-methyl/N-ethyl adjacent to an activating group) is 1. The first kappa shape index (κ1) is 18.4. The molecule has 1 saturated carbocycles. The molecule has 138 valence electrons. The van der Waals surface area contributed by atoms with Crippen molar-refractivity contribution in [3.05, 3.63) is 35.9 Å². The van der Waals surface area contributed by atoms with Crippen LogP contribution in [-0.2, 0) is 11.3 Å². The van der Waals surface area contributed by atoms with Gasteiger partial charge in [0, 0.05) is 25.7 Å². The Bertz CT molecular complexity index is 560. The summed E-state index contributed by atoms with van der Waals surface area (Å²) in [6.45, 7) is 7.65. The second-order valence-corrected chi connectivity index (χ2v) is 8.27. The largest absolute Gasteiger partial charge is 0.352 e. The standard InChI is InChI=1S/C21H33N3O/c1-15(2)11-20(22-3)21(25)23-19-10-9-17-13-24(14-18(17)19)12-16-7-5-4-6-8-16/h4-8,15,17-20,22H,9-14H2,1-3H3,(H,23,25)/t17-,18+,19+,20-/m0/s1. The topological polar surface area (TPSA) is 44.4 Å². The van der Waals surface area contributed by atoms with Crippen molar-refractivity contribution in [2.24, 2.45) is 17.8 Å². The predicted octanol–water partition coefficient (Wildman–Crippen LogP) is 2.65. The molecule has 1 heterocycles. The number of rotatable bonds is 7. The first-order chi connectivity index (χ1) is 12.1. The fraction of sp³-hybridized carbons (Fsp3) is 0.667. The van der Waals surface area contributed by atoms with Gasteiger partial charge in [-0.2, -0.15) is 0 Å². The maximum atomic E-state index is 12.6. The highest BCUT2D eigenvalue weighted by Crippen LogP contribution is 2.38. The molecule has 1 aromatic rings. The third-order valence-corrected chi connectivity index (χ3v) is 5.88. The molecule has 1 amide bonds. The number of fused-ring (bicyclic) bond motifs is 1. The highest BCUT2D eigenvalue weighted by atomic mass is 16.2. The van der Waals surface area contributed by atoms with Crippen LogP contribution in [0.4, 0.5) is 0 Å². The van der Waals surface area contributed by atoms with E-state index in [-0.39, 0.29) is 11.9 Å². The minimum Gasteiger partial charge on any atom is -0.352 e. The molecule has 4 atom stereocenters. The number of carbonyl (C=O) groups is 1. The first-order valence-electron chi connectivity index (χ1n) is 9.80. The van der Waals surface area contributed by atoms with Crippen molar-refractivity contribution >= 4 is 5.91 Å². The number of amides is 1. The number of likely N-dealkylation sites (tertiary alicyclic amines) is 1. The van der Waals surface area contributed by atoms with E-state index >= 15 is 0 Å². The summed E-state index contributed by atoms with van der Waals surface area (Å²) in [5.74, 6) is 2.06. The molecule has 4 heteroatoms. The maximum Gasteiger partial charge on any atom is 0.237 e. The van der Waals surface area contributed by atoms with Gasteiger partial charge in [0.15, 0.2) is 0 Å². The molecule has 3 rings (SSSR count). The van der Waals surface area contributed by atoms with Crippen molar-refractivity contribution in [3.8, 4) is 0 Å². The van der Waals surface area contributed by atoms with Gasteiger partial charge in [0.2, 0.25) is 5.91 Å². The van der Waals surface area contributed by atoms with Gasteiger partial charge < -0.3 is 10.6 Å². The molecule has 25 heavy (non-hydrogen) atoms. The zero-order valence-electron chi connectivity index (χ0n) is 15.9. The number of benzene rings is 1. The van der Waals surface area contributed by atoms with E-state index in [9.17, 15) is 4.79 Å². The van der Waals surface area contributed by atoms with Gasteiger partial charge in [0.1, 0.15) is 0 Å². The number of nitrogens with zero attached hydrogens (tertiary/aromatic N) is 1. The van der Waals surface area contributed by atoms with E-state index in [1.54, 1.807) is 0 Å². The van der Waals surface area contributed by atoms with Gasteiger partial charge >= 0.3 is 0 Å². The second-order valence-electron chi connectivity index (χ2n) is 8.27. The quantitative estimate of drug-likeness (QED) is 0.800. The molecule has 1 aliphatic heterocycles. The summed E-state index contributed by atoms with van der Waals surface area (Å²) in [5, 5.41) is 6.55. The Labute approximate surface area is 152 Å². The number of hydrogen-bond acceptors (Lipinski definition) is 3. The van der Waals surface area contributed by atoms with Gasteiger partial charge in [-0.1, -0.05) is 44.2 Å². The average Bonchev–Trinajstić information content (AvgIpc) is 3.14. The van der Waals surface area contributed by atoms with Crippen molar-refractivity contribution < 1.29 is 4.79 Å². The maximum absolute atomic E-state index is 12.6. The van der Waals surface area contributed by atoms with Crippen molar-refractivity contribution in [1.82, 2.24) is 15.5 Å². The van der Waals surface area contributed by atoms with Crippen LogP contribution in [0.3, 0.4) is 0 Å². The molecule has 0 spiro atoms. The Balaban J connectivity index is 1.54. The van der Waals surface area contributed by atoms with Gasteiger partial charge in [-0.05, 0) is 49.6 Å². The van der Waals surface area contributed by atoms with Gasteiger partial charge in [-0.25, -0.2) is 0 Å². The molecule has 4 nitrogen and oxygen atoms in total. The number of carbonyl (C=O) groups excluding carboxylic acids is 1. The summed E-state index contributed by atoms with van der Waals surface area (Å²) >= 11 is 0. The van der Waals surface area contributed by atoms with E-state index in [0.29, 0.717) is 17.9 Å². The van der Waals surface area contributed by atoms with Crippen LogP contribution in [0.15, 0.2) is 30.3 Å². The van der Waals surface area contributed by atoms with Gasteiger partial charge in [0.05, 0.1) is 6.04 Å². The second kappa shape index (κ2) is 8.33. The zero-order valence-corrected chi connectivity index (χ0v) is 15.9. The number of hydrogen-bond donors (Lipinski definition) is 2. The van der Waals surface area contributed by atoms with Crippen LogP contribution in [0, 0.1) is 17.8 Å². The van der Waals surface area contributed by atoms with Crippen LogP contribution in [-0.4, -0.2) is 43.0 Å². The predicted molar refractivity (Wildman–Crippen MR) is 102 cm³/mol. The van der Waals surface area contributed by atoms with Gasteiger partial charge in [-0.15, -0.1) is 0 Å². The van der Waals surface area contributed by atoms with Crippen LogP contribution in [0.5, 0.6) is 0 Å². The van der Waals surface area contributed by atoms with Crippen LogP contribution in [0.1, 0.15) is 38.7 Å². The van der Waals surface area contributed by atoms with Crippen molar-refractivity contribution in [3.63, 3.8) is 0 Å². The molecule has 1 saturated heterocycles. The lowest BCUT2D eigenvalue weighted by Gasteiger charge is -2.25. The molecule has 1 aliphatic carbocycles. The summed E-state index contributed by atoms with van der Waals surface area (Å²) < 4.78 is 0. The third-order valence-electron chi connectivity index (χ3n) is 5.88. The lowest BCUT2D eigenvalue weighted by Crippen LogP contribution is -2.49. The molecule has 0 aromatic heterocycles. The highest BCUT2D eigenvalue weighted by molar-refractivity contribution is 5.82. The molecule has 2 aliphatic rings.